The lowest BCUT2D eigenvalue weighted by molar-refractivity contribution is -0.137. The van der Waals surface area contributed by atoms with Crippen molar-refractivity contribution in [3.05, 3.63) is 35.1 Å². The molecule has 0 radical (unpaired) electrons. The Kier molecular flexibility index (Phi) is 5.87. The van der Waals surface area contributed by atoms with E-state index in [0.717, 1.165) is 12.1 Å². The fourth-order valence-electron chi connectivity index (χ4n) is 1.34. The van der Waals surface area contributed by atoms with Crippen LogP contribution in [-0.4, -0.2) is 6.54 Å². The van der Waals surface area contributed by atoms with Gasteiger partial charge in [0.1, 0.15) is 5.82 Å². The highest BCUT2D eigenvalue weighted by Gasteiger charge is 2.31. The minimum Gasteiger partial charge on any atom is -0.330 e. The highest BCUT2D eigenvalue weighted by atomic mass is 35.5. The van der Waals surface area contributed by atoms with Gasteiger partial charge in [0.05, 0.1) is 5.56 Å². The van der Waals surface area contributed by atoms with Gasteiger partial charge in [0.2, 0.25) is 0 Å². The molecule has 1 rings (SSSR count). The zero-order valence-electron chi connectivity index (χ0n) is 8.80. The number of hydrogen-bond acceptors (Lipinski definition) is 2. The van der Waals surface area contributed by atoms with E-state index in [1.807, 2.05) is 0 Å². The van der Waals surface area contributed by atoms with E-state index in [-0.39, 0.29) is 24.5 Å². The average Bonchev–Trinajstić information content (AvgIpc) is 2.16. The van der Waals surface area contributed by atoms with Crippen molar-refractivity contribution in [1.29, 1.82) is 0 Å². The first-order valence-electron chi connectivity index (χ1n) is 4.68. The molecule has 0 amide bonds. The predicted octanol–water partition coefficient (Wildman–Crippen LogP) is 2.61. The molecule has 0 aromatic heterocycles. The standard InChI is InChI=1S/C10H12F4N2.ClH/c11-8-5-6(10(12,13)14)1-2-7(8)9(16)3-4-15;/h1-2,5,9H,3-4,15-16H2;1H/t9-;/m0./s1. The Morgan fingerprint density at radius 3 is 2.24 bits per heavy atom. The average molecular weight is 273 g/mol. The molecule has 0 saturated carbocycles. The molecule has 0 aliphatic carbocycles. The molecule has 0 spiro atoms. The molecule has 0 aliphatic heterocycles. The Morgan fingerprint density at radius 1 is 1.24 bits per heavy atom. The first kappa shape index (κ1) is 16.1. The van der Waals surface area contributed by atoms with E-state index in [9.17, 15) is 17.6 Å². The normalized spacial score (nSPS) is 13.1. The predicted molar refractivity (Wildman–Crippen MR) is 59.2 cm³/mol. The minimum absolute atomic E-state index is 0. The lowest BCUT2D eigenvalue weighted by Crippen LogP contribution is -2.17. The first-order valence-corrected chi connectivity index (χ1v) is 4.68. The summed E-state index contributed by atoms with van der Waals surface area (Å²) < 4.78 is 50.0. The maximum Gasteiger partial charge on any atom is 0.416 e. The zero-order chi connectivity index (χ0) is 12.3. The third-order valence-corrected chi connectivity index (χ3v) is 2.20. The van der Waals surface area contributed by atoms with Crippen molar-refractivity contribution in [2.75, 3.05) is 6.54 Å². The monoisotopic (exact) mass is 272 g/mol. The molecule has 0 saturated heterocycles. The summed E-state index contributed by atoms with van der Waals surface area (Å²) in [5.74, 6) is -0.948. The largest absolute Gasteiger partial charge is 0.416 e. The smallest absolute Gasteiger partial charge is 0.330 e. The maximum absolute atomic E-state index is 13.3. The Bertz CT molecular complexity index is 368. The first-order chi connectivity index (χ1) is 7.36. The lowest BCUT2D eigenvalue weighted by Gasteiger charge is -2.13. The quantitative estimate of drug-likeness (QED) is 0.831. The third kappa shape index (κ3) is 4.14. The summed E-state index contributed by atoms with van der Waals surface area (Å²) in [5.41, 5.74) is 9.83. The van der Waals surface area contributed by atoms with Gasteiger partial charge in [-0.05, 0) is 25.1 Å². The van der Waals surface area contributed by atoms with Gasteiger partial charge in [0.15, 0.2) is 0 Å². The van der Waals surface area contributed by atoms with E-state index < -0.39 is 23.6 Å². The van der Waals surface area contributed by atoms with Crippen LogP contribution in [0.2, 0.25) is 0 Å². The van der Waals surface area contributed by atoms with Crippen molar-refractivity contribution in [2.45, 2.75) is 18.6 Å². The SMILES string of the molecule is Cl.NCC[C@H](N)c1ccc(C(F)(F)F)cc1F. The number of halogens is 5. The lowest BCUT2D eigenvalue weighted by atomic mass is 10.0. The van der Waals surface area contributed by atoms with Crippen molar-refractivity contribution in [3.8, 4) is 0 Å². The second kappa shape index (κ2) is 6.18. The van der Waals surface area contributed by atoms with Crippen molar-refractivity contribution in [1.82, 2.24) is 0 Å². The molecule has 0 aliphatic rings. The van der Waals surface area contributed by atoms with Gasteiger partial charge in [-0.25, -0.2) is 4.39 Å². The highest BCUT2D eigenvalue weighted by Crippen LogP contribution is 2.31. The number of hydrogen-bond donors (Lipinski definition) is 2. The molecular formula is C10H13ClF4N2. The van der Waals surface area contributed by atoms with Crippen LogP contribution in [0, 0.1) is 5.82 Å². The van der Waals surface area contributed by atoms with Gasteiger partial charge in [-0.2, -0.15) is 13.2 Å². The van der Waals surface area contributed by atoms with E-state index in [0.29, 0.717) is 12.5 Å². The fraction of sp³-hybridized carbons (Fsp3) is 0.400. The molecule has 1 aromatic carbocycles. The number of benzene rings is 1. The number of nitrogens with two attached hydrogens (primary N) is 2. The molecule has 0 heterocycles. The number of alkyl halides is 3. The van der Waals surface area contributed by atoms with Crippen LogP contribution < -0.4 is 11.5 Å². The van der Waals surface area contributed by atoms with E-state index in [2.05, 4.69) is 0 Å². The van der Waals surface area contributed by atoms with Crippen LogP contribution >= 0.6 is 12.4 Å². The van der Waals surface area contributed by atoms with E-state index in [4.69, 9.17) is 11.5 Å². The van der Waals surface area contributed by atoms with Crippen molar-refractivity contribution >= 4 is 12.4 Å². The summed E-state index contributed by atoms with van der Waals surface area (Å²) in [7, 11) is 0. The van der Waals surface area contributed by atoms with Crippen molar-refractivity contribution in [2.24, 2.45) is 11.5 Å². The molecule has 1 aromatic rings. The molecule has 0 fully saturated rings. The summed E-state index contributed by atoms with van der Waals surface area (Å²) in [6, 6.07) is 1.64. The summed E-state index contributed by atoms with van der Waals surface area (Å²) in [5, 5.41) is 0. The van der Waals surface area contributed by atoms with E-state index >= 15 is 0 Å². The minimum atomic E-state index is -4.54. The molecule has 2 nitrogen and oxygen atoms in total. The molecule has 0 bridgehead atoms. The van der Waals surface area contributed by atoms with Gasteiger partial charge >= 0.3 is 6.18 Å². The zero-order valence-corrected chi connectivity index (χ0v) is 9.61. The van der Waals surface area contributed by atoms with Crippen molar-refractivity contribution < 1.29 is 17.6 Å². The van der Waals surface area contributed by atoms with Crippen LogP contribution in [0.25, 0.3) is 0 Å². The summed E-state index contributed by atoms with van der Waals surface area (Å²) in [6.45, 7) is 0.252. The Labute approximate surface area is 102 Å². The second-order valence-electron chi connectivity index (χ2n) is 3.42. The van der Waals surface area contributed by atoms with Gasteiger partial charge in [-0.3, -0.25) is 0 Å². The molecule has 7 heteroatoms. The summed E-state index contributed by atoms with van der Waals surface area (Å²) in [6.07, 6.45) is -4.22. The third-order valence-electron chi connectivity index (χ3n) is 2.20. The van der Waals surface area contributed by atoms with Crippen LogP contribution in [-0.2, 0) is 6.18 Å². The van der Waals surface area contributed by atoms with E-state index in [1.165, 1.54) is 0 Å². The molecule has 4 N–H and O–H groups in total. The van der Waals surface area contributed by atoms with Crippen LogP contribution in [0.1, 0.15) is 23.6 Å². The molecular weight excluding hydrogens is 260 g/mol. The van der Waals surface area contributed by atoms with E-state index in [1.54, 1.807) is 0 Å². The number of rotatable bonds is 3. The Morgan fingerprint density at radius 2 is 1.82 bits per heavy atom. The van der Waals surface area contributed by atoms with Gasteiger partial charge in [0.25, 0.3) is 0 Å². The maximum atomic E-state index is 13.3. The second-order valence-corrected chi connectivity index (χ2v) is 3.42. The van der Waals surface area contributed by atoms with Crippen LogP contribution in [0.5, 0.6) is 0 Å². The van der Waals surface area contributed by atoms with Gasteiger partial charge < -0.3 is 11.5 Å². The fourth-order valence-corrected chi connectivity index (χ4v) is 1.34. The van der Waals surface area contributed by atoms with Crippen LogP contribution in [0.15, 0.2) is 18.2 Å². The summed E-state index contributed by atoms with van der Waals surface area (Å²) >= 11 is 0. The van der Waals surface area contributed by atoms with Gasteiger partial charge in [0, 0.05) is 11.6 Å². The Hall–Kier alpha value is -0.850. The highest BCUT2D eigenvalue weighted by molar-refractivity contribution is 5.85. The van der Waals surface area contributed by atoms with Crippen LogP contribution in [0.3, 0.4) is 0 Å². The summed E-state index contributed by atoms with van der Waals surface area (Å²) in [4.78, 5) is 0. The van der Waals surface area contributed by atoms with Crippen LogP contribution in [0.4, 0.5) is 17.6 Å². The van der Waals surface area contributed by atoms with Crippen molar-refractivity contribution in [3.63, 3.8) is 0 Å². The molecule has 1 atom stereocenters. The Balaban J connectivity index is 0.00000256. The van der Waals surface area contributed by atoms with Gasteiger partial charge in [-0.15, -0.1) is 12.4 Å². The van der Waals surface area contributed by atoms with Gasteiger partial charge in [-0.1, -0.05) is 6.07 Å². The molecule has 17 heavy (non-hydrogen) atoms. The molecule has 98 valence electrons. The topological polar surface area (TPSA) is 52.0 Å². The molecule has 0 unspecified atom stereocenters.